The summed E-state index contributed by atoms with van der Waals surface area (Å²) < 4.78 is 13.5. The van der Waals surface area contributed by atoms with E-state index in [0.717, 1.165) is 22.9 Å². The molecule has 0 fully saturated rings. The van der Waals surface area contributed by atoms with Crippen LogP contribution in [0.25, 0.3) is 22.6 Å². The Kier molecular flexibility index (Phi) is 3.48. The van der Waals surface area contributed by atoms with Gasteiger partial charge < -0.3 is 4.98 Å². The van der Waals surface area contributed by atoms with Crippen molar-refractivity contribution in [1.29, 1.82) is 0 Å². The number of hydrogen-bond acceptors (Lipinski definition) is 3. The molecule has 22 heavy (non-hydrogen) atoms. The maximum absolute atomic E-state index is 13.5. The SMILES string of the molecule is CC(C)(C)c1nc(-c2ccccn2)c(-c2ccnc(F)c2)[nH]1. The topological polar surface area (TPSA) is 54.5 Å². The number of imidazole rings is 1. The molecule has 0 saturated heterocycles. The van der Waals surface area contributed by atoms with E-state index < -0.39 is 5.95 Å². The van der Waals surface area contributed by atoms with Crippen molar-refractivity contribution < 1.29 is 4.39 Å². The van der Waals surface area contributed by atoms with Crippen molar-refractivity contribution in [2.45, 2.75) is 26.2 Å². The molecule has 0 aliphatic heterocycles. The van der Waals surface area contributed by atoms with Gasteiger partial charge >= 0.3 is 0 Å². The van der Waals surface area contributed by atoms with Gasteiger partial charge in [-0.3, -0.25) is 4.98 Å². The van der Waals surface area contributed by atoms with Crippen LogP contribution in [0.2, 0.25) is 0 Å². The lowest BCUT2D eigenvalue weighted by molar-refractivity contribution is 0.553. The van der Waals surface area contributed by atoms with Crippen molar-refractivity contribution in [3.05, 3.63) is 54.5 Å². The minimum Gasteiger partial charge on any atom is -0.341 e. The molecule has 0 unspecified atom stereocenters. The molecular weight excluding hydrogens is 279 g/mol. The number of halogens is 1. The second-order valence-corrected chi connectivity index (χ2v) is 6.14. The molecule has 0 radical (unpaired) electrons. The second kappa shape index (κ2) is 5.33. The summed E-state index contributed by atoms with van der Waals surface area (Å²) in [5.74, 6) is 0.316. The summed E-state index contributed by atoms with van der Waals surface area (Å²) in [5, 5.41) is 0. The van der Waals surface area contributed by atoms with Gasteiger partial charge in [-0.2, -0.15) is 4.39 Å². The average molecular weight is 296 g/mol. The lowest BCUT2D eigenvalue weighted by Gasteiger charge is -2.14. The van der Waals surface area contributed by atoms with E-state index in [0.29, 0.717) is 5.56 Å². The highest BCUT2D eigenvalue weighted by Crippen LogP contribution is 2.32. The van der Waals surface area contributed by atoms with E-state index in [-0.39, 0.29) is 5.41 Å². The normalized spacial score (nSPS) is 11.6. The van der Waals surface area contributed by atoms with Gasteiger partial charge in [0.15, 0.2) is 0 Å². The molecule has 0 aliphatic carbocycles. The maximum atomic E-state index is 13.5. The molecule has 0 bridgehead atoms. The number of nitrogens with zero attached hydrogens (tertiary/aromatic N) is 3. The monoisotopic (exact) mass is 296 g/mol. The minimum absolute atomic E-state index is 0.145. The Morgan fingerprint density at radius 3 is 2.50 bits per heavy atom. The highest BCUT2D eigenvalue weighted by atomic mass is 19.1. The average Bonchev–Trinajstić information content (AvgIpc) is 2.93. The van der Waals surface area contributed by atoms with Crippen LogP contribution < -0.4 is 0 Å². The van der Waals surface area contributed by atoms with Crippen LogP contribution in [0, 0.1) is 5.95 Å². The summed E-state index contributed by atoms with van der Waals surface area (Å²) >= 11 is 0. The molecule has 0 saturated carbocycles. The molecule has 112 valence electrons. The van der Waals surface area contributed by atoms with Crippen LogP contribution in [0.5, 0.6) is 0 Å². The van der Waals surface area contributed by atoms with Crippen molar-refractivity contribution in [3.8, 4) is 22.6 Å². The molecule has 1 N–H and O–H groups in total. The lowest BCUT2D eigenvalue weighted by Crippen LogP contribution is -2.13. The van der Waals surface area contributed by atoms with Crippen LogP contribution in [0.15, 0.2) is 42.7 Å². The highest BCUT2D eigenvalue weighted by molar-refractivity contribution is 5.76. The van der Waals surface area contributed by atoms with Gasteiger partial charge in [0.2, 0.25) is 5.95 Å². The molecule has 4 nitrogen and oxygen atoms in total. The fraction of sp³-hybridized carbons (Fsp3) is 0.235. The summed E-state index contributed by atoms with van der Waals surface area (Å²) in [6.07, 6.45) is 3.17. The Morgan fingerprint density at radius 1 is 1.05 bits per heavy atom. The van der Waals surface area contributed by atoms with E-state index in [1.165, 1.54) is 12.3 Å². The standard InChI is InChI=1S/C17H17FN4/c1-17(2,3)16-21-14(11-7-9-20-13(18)10-11)15(22-16)12-6-4-5-8-19-12/h4-10H,1-3H3,(H,21,22). The van der Waals surface area contributed by atoms with Crippen LogP contribution in [0.1, 0.15) is 26.6 Å². The van der Waals surface area contributed by atoms with Crippen molar-refractivity contribution in [3.63, 3.8) is 0 Å². The number of aromatic nitrogens is 4. The molecule has 3 aromatic heterocycles. The summed E-state index contributed by atoms with van der Waals surface area (Å²) in [4.78, 5) is 16.0. The molecule has 3 heterocycles. The number of nitrogens with one attached hydrogen (secondary N) is 1. The van der Waals surface area contributed by atoms with E-state index in [9.17, 15) is 4.39 Å². The van der Waals surface area contributed by atoms with E-state index in [4.69, 9.17) is 4.98 Å². The Balaban J connectivity index is 2.22. The van der Waals surface area contributed by atoms with Gasteiger partial charge in [-0.1, -0.05) is 26.8 Å². The summed E-state index contributed by atoms with van der Waals surface area (Å²) in [6.45, 7) is 6.22. The predicted molar refractivity (Wildman–Crippen MR) is 83.7 cm³/mol. The molecule has 0 aliphatic rings. The van der Waals surface area contributed by atoms with Gasteiger partial charge in [-0.25, -0.2) is 9.97 Å². The fourth-order valence-corrected chi connectivity index (χ4v) is 2.18. The minimum atomic E-state index is -0.517. The van der Waals surface area contributed by atoms with Gasteiger partial charge in [0.25, 0.3) is 0 Å². The Morgan fingerprint density at radius 2 is 1.86 bits per heavy atom. The van der Waals surface area contributed by atoms with Gasteiger partial charge in [-0.05, 0) is 18.2 Å². The van der Waals surface area contributed by atoms with Gasteiger partial charge in [0.05, 0.1) is 11.4 Å². The third-order valence-electron chi connectivity index (χ3n) is 3.34. The number of hydrogen-bond donors (Lipinski definition) is 1. The number of pyridine rings is 2. The second-order valence-electron chi connectivity index (χ2n) is 6.14. The van der Waals surface area contributed by atoms with E-state index in [1.807, 2.05) is 18.2 Å². The summed E-state index contributed by atoms with van der Waals surface area (Å²) in [5.41, 5.74) is 2.78. The zero-order chi connectivity index (χ0) is 15.7. The van der Waals surface area contributed by atoms with Crippen LogP contribution in [0.4, 0.5) is 4.39 Å². The third-order valence-corrected chi connectivity index (χ3v) is 3.34. The maximum Gasteiger partial charge on any atom is 0.213 e. The molecule has 0 spiro atoms. The largest absolute Gasteiger partial charge is 0.341 e. The number of rotatable bonds is 2. The Labute approximate surface area is 128 Å². The Hall–Kier alpha value is -2.56. The number of H-pyrrole nitrogens is 1. The van der Waals surface area contributed by atoms with Crippen LogP contribution in [0.3, 0.4) is 0 Å². The van der Waals surface area contributed by atoms with Crippen LogP contribution >= 0.6 is 0 Å². The van der Waals surface area contributed by atoms with Crippen molar-refractivity contribution in [2.75, 3.05) is 0 Å². The van der Waals surface area contributed by atoms with E-state index in [2.05, 4.69) is 35.7 Å². The Bertz CT molecular complexity index is 788. The first-order valence-electron chi connectivity index (χ1n) is 7.09. The molecular formula is C17H17FN4. The van der Waals surface area contributed by atoms with Crippen LogP contribution in [-0.4, -0.2) is 19.9 Å². The third kappa shape index (κ3) is 2.74. The zero-order valence-corrected chi connectivity index (χ0v) is 12.8. The first-order chi connectivity index (χ1) is 10.4. The van der Waals surface area contributed by atoms with Crippen molar-refractivity contribution in [1.82, 2.24) is 19.9 Å². The highest BCUT2D eigenvalue weighted by Gasteiger charge is 2.23. The lowest BCUT2D eigenvalue weighted by atomic mass is 9.96. The molecule has 0 amide bonds. The fourth-order valence-electron chi connectivity index (χ4n) is 2.18. The van der Waals surface area contributed by atoms with Gasteiger partial charge in [-0.15, -0.1) is 0 Å². The molecule has 3 rings (SSSR count). The zero-order valence-electron chi connectivity index (χ0n) is 12.8. The summed E-state index contributed by atoms with van der Waals surface area (Å²) in [6, 6.07) is 8.81. The quantitative estimate of drug-likeness (QED) is 0.728. The number of aromatic amines is 1. The molecule has 0 aromatic carbocycles. The van der Waals surface area contributed by atoms with E-state index in [1.54, 1.807) is 12.3 Å². The van der Waals surface area contributed by atoms with Crippen LogP contribution in [-0.2, 0) is 5.41 Å². The predicted octanol–water partition coefficient (Wildman–Crippen LogP) is 3.97. The van der Waals surface area contributed by atoms with Gasteiger partial charge in [0.1, 0.15) is 11.5 Å². The molecule has 3 aromatic rings. The van der Waals surface area contributed by atoms with Crippen molar-refractivity contribution >= 4 is 0 Å². The molecule has 0 atom stereocenters. The van der Waals surface area contributed by atoms with E-state index >= 15 is 0 Å². The molecule has 5 heteroatoms. The van der Waals surface area contributed by atoms with Crippen molar-refractivity contribution in [2.24, 2.45) is 0 Å². The smallest absolute Gasteiger partial charge is 0.213 e. The summed E-state index contributed by atoms with van der Waals surface area (Å²) in [7, 11) is 0. The first kappa shape index (κ1) is 14.4. The van der Waals surface area contributed by atoms with Gasteiger partial charge in [0, 0.05) is 29.4 Å². The first-order valence-corrected chi connectivity index (χ1v) is 7.09.